The van der Waals surface area contributed by atoms with E-state index in [4.69, 9.17) is 8.94 Å². The number of furan rings is 1. The van der Waals surface area contributed by atoms with Crippen molar-refractivity contribution in [1.82, 2.24) is 10.1 Å². The second kappa shape index (κ2) is 8.24. The van der Waals surface area contributed by atoms with Crippen molar-refractivity contribution in [3.8, 4) is 11.3 Å². The normalized spacial score (nSPS) is 18.1. The maximum absolute atomic E-state index is 13.6. The zero-order valence-electron chi connectivity index (χ0n) is 18.6. The highest BCUT2D eigenvalue weighted by Gasteiger charge is 2.46. The molecule has 5 rings (SSSR count). The van der Waals surface area contributed by atoms with Crippen molar-refractivity contribution in [1.29, 1.82) is 0 Å². The molecule has 0 radical (unpaired) electrons. The number of nitrogens with zero attached hydrogens (tertiary/aromatic N) is 2. The van der Waals surface area contributed by atoms with Gasteiger partial charge < -0.3 is 19.2 Å². The van der Waals surface area contributed by atoms with Gasteiger partial charge in [-0.15, -0.1) is 0 Å². The summed E-state index contributed by atoms with van der Waals surface area (Å²) in [4.78, 5) is 27.4. The quantitative estimate of drug-likeness (QED) is 0.478. The van der Waals surface area contributed by atoms with Crippen molar-refractivity contribution in [3.63, 3.8) is 0 Å². The largest absolute Gasteiger partial charge is 0.461 e. The number of aryl methyl sites for hydroxylation is 1. The Morgan fingerprint density at radius 2 is 1.94 bits per heavy atom. The van der Waals surface area contributed by atoms with E-state index in [1.165, 1.54) is 6.92 Å². The first-order valence-electron chi connectivity index (χ1n) is 11.0. The lowest BCUT2D eigenvalue weighted by Crippen LogP contribution is -2.41. The number of benzene rings is 2. The summed E-state index contributed by atoms with van der Waals surface area (Å²) < 4.78 is 11.2. The molecule has 0 saturated carbocycles. The van der Waals surface area contributed by atoms with Crippen molar-refractivity contribution in [2.24, 2.45) is 5.41 Å². The van der Waals surface area contributed by atoms with E-state index in [-0.39, 0.29) is 11.8 Å². The van der Waals surface area contributed by atoms with Gasteiger partial charge in [-0.1, -0.05) is 35.5 Å². The summed E-state index contributed by atoms with van der Waals surface area (Å²) in [5.41, 5.74) is 2.34. The van der Waals surface area contributed by atoms with Crippen LogP contribution in [-0.4, -0.2) is 35.0 Å². The number of carbonyl (C=O) groups excluding carboxylic acids is 2. The molecule has 0 spiro atoms. The molecule has 0 aliphatic carbocycles. The third-order valence-corrected chi connectivity index (χ3v) is 6.32. The average molecular weight is 444 g/mol. The second-order valence-electron chi connectivity index (χ2n) is 8.76. The van der Waals surface area contributed by atoms with Crippen molar-refractivity contribution in [3.05, 3.63) is 72.2 Å². The van der Waals surface area contributed by atoms with Gasteiger partial charge in [0.2, 0.25) is 11.8 Å². The molecule has 1 saturated heterocycles. The molecule has 2 aromatic heterocycles. The molecule has 168 valence electrons. The number of hydrogen-bond acceptors (Lipinski definition) is 5. The summed E-state index contributed by atoms with van der Waals surface area (Å²) >= 11 is 0. The molecule has 4 aromatic rings. The van der Waals surface area contributed by atoms with Crippen LogP contribution in [0.2, 0.25) is 0 Å². The van der Waals surface area contributed by atoms with Crippen LogP contribution >= 0.6 is 0 Å². The average Bonchev–Trinajstić information content (AvgIpc) is 3.53. The van der Waals surface area contributed by atoms with E-state index in [0.717, 1.165) is 28.0 Å². The highest BCUT2D eigenvalue weighted by atomic mass is 16.5. The van der Waals surface area contributed by atoms with Crippen molar-refractivity contribution >= 4 is 28.5 Å². The highest BCUT2D eigenvalue weighted by Crippen LogP contribution is 2.37. The Labute approximate surface area is 191 Å². The summed E-state index contributed by atoms with van der Waals surface area (Å²) in [6.07, 6.45) is 0.905. The molecule has 33 heavy (non-hydrogen) atoms. The minimum atomic E-state index is -0.805. The van der Waals surface area contributed by atoms with Gasteiger partial charge in [-0.05, 0) is 37.6 Å². The SMILES string of the molecule is CC(=O)N1CCC(Cc2cc(-c3ccccc3)no2)(C(=O)Nc2ccc3oc(C)cc3c2)C1. The van der Waals surface area contributed by atoms with E-state index >= 15 is 0 Å². The highest BCUT2D eigenvalue weighted by molar-refractivity contribution is 5.98. The first-order chi connectivity index (χ1) is 15.9. The van der Waals surface area contributed by atoms with Crippen LogP contribution in [0.4, 0.5) is 5.69 Å². The Kier molecular flexibility index (Phi) is 5.24. The summed E-state index contributed by atoms with van der Waals surface area (Å²) in [5, 5.41) is 8.19. The topological polar surface area (TPSA) is 88.6 Å². The van der Waals surface area contributed by atoms with E-state index in [1.54, 1.807) is 4.90 Å². The Bertz CT molecular complexity index is 1320. The molecule has 2 amide bonds. The zero-order chi connectivity index (χ0) is 23.0. The van der Waals surface area contributed by atoms with E-state index < -0.39 is 5.41 Å². The van der Waals surface area contributed by atoms with Gasteiger partial charge in [0.15, 0.2) is 0 Å². The maximum atomic E-state index is 13.6. The van der Waals surface area contributed by atoms with Gasteiger partial charge in [0.1, 0.15) is 22.8 Å². The number of fused-ring (bicyclic) bond motifs is 1. The van der Waals surface area contributed by atoms with Gasteiger partial charge in [0, 0.05) is 49.1 Å². The standard InChI is InChI=1S/C26H25N3O4/c1-17-12-20-13-21(8-9-24(20)32-17)27-25(31)26(10-11-29(16-26)18(2)30)15-22-14-23(28-33-22)19-6-4-3-5-7-19/h3-9,12-14H,10-11,15-16H2,1-2H3,(H,27,31). The minimum Gasteiger partial charge on any atom is -0.461 e. The Balaban J connectivity index is 1.41. The number of anilines is 1. The molecule has 0 bridgehead atoms. The molecule has 3 heterocycles. The molecule has 7 heteroatoms. The van der Waals surface area contributed by atoms with Crippen molar-refractivity contribution in [2.45, 2.75) is 26.7 Å². The summed E-state index contributed by atoms with van der Waals surface area (Å²) in [5.74, 6) is 1.26. The van der Waals surface area contributed by atoms with Gasteiger partial charge in [-0.3, -0.25) is 9.59 Å². The van der Waals surface area contributed by atoms with Gasteiger partial charge >= 0.3 is 0 Å². The van der Waals surface area contributed by atoms with Crippen LogP contribution in [0, 0.1) is 12.3 Å². The fraction of sp³-hybridized carbons (Fsp3) is 0.269. The van der Waals surface area contributed by atoms with Gasteiger partial charge in [0.05, 0.1) is 5.41 Å². The molecular weight excluding hydrogens is 418 g/mol. The molecule has 1 atom stereocenters. The fourth-order valence-corrected chi connectivity index (χ4v) is 4.54. The number of carbonyl (C=O) groups is 2. The first kappa shape index (κ1) is 21.0. The number of aromatic nitrogens is 1. The van der Waals surface area contributed by atoms with Crippen LogP contribution in [-0.2, 0) is 16.0 Å². The summed E-state index contributed by atoms with van der Waals surface area (Å²) in [6, 6.07) is 19.2. The first-order valence-corrected chi connectivity index (χ1v) is 11.0. The third-order valence-electron chi connectivity index (χ3n) is 6.32. The molecule has 1 aliphatic rings. The lowest BCUT2D eigenvalue weighted by molar-refractivity contribution is -0.129. The second-order valence-corrected chi connectivity index (χ2v) is 8.76. The van der Waals surface area contributed by atoms with E-state index in [0.29, 0.717) is 37.4 Å². The maximum Gasteiger partial charge on any atom is 0.232 e. The lowest BCUT2D eigenvalue weighted by Gasteiger charge is -2.27. The molecule has 2 aromatic carbocycles. The predicted molar refractivity (Wildman–Crippen MR) is 125 cm³/mol. The summed E-state index contributed by atoms with van der Waals surface area (Å²) in [6.45, 7) is 4.29. The molecule has 1 fully saturated rings. The van der Waals surface area contributed by atoms with E-state index in [1.807, 2.05) is 67.6 Å². The monoisotopic (exact) mass is 443 g/mol. The fourth-order valence-electron chi connectivity index (χ4n) is 4.54. The van der Waals surface area contributed by atoms with E-state index in [2.05, 4.69) is 10.5 Å². The Morgan fingerprint density at radius 1 is 1.12 bits per heavy atom. The van der Waals surface area contributed by atoms with Crippen molar-refractivity contribution in [2.75, 3.05) is 18.4 Å². The Morgan fingerprint density at radius 3 is 2.70 bits per heavy atom. The molecule has 1 aliphatic heterocycles. The van der Waals surface area contributed by atoms with Crippen LogP contribution in [0.25, 0.3) is 22.2 Å². The van der Waals surface area contributed by atoms with Crippen LogP contribution in [0.1, 0.15) is 24.9 Å². The predicted octanol–water partition coefficient (Wildman–Crippen LogP) is 4.82. The smallest absolute Gasteiger partial charge is 0.232 e. The third kappa shape index (κ3) is 4.14. The van der Waals surface area contributed by atoms with Gasteiger partial charge in [-0.25, -0.2) is 0 Å². The number of nitrogens with one attached hydrogen (secondary N) is 1. The van der Waals surface area contributed by atoms with Gasteiger partial charge in [0.25, 0.3) is 0 Å². The van der Waals surface area contributed by atoms with Crippen LogP contribution < -0.4 is 5.32 Å². The molecular formula is C26H25N3O4. The molecule has 7 nitrogen and oxygen atoms in total. The number of amides is 2. The van der Waals surface area contributed by atoms with Crippen LogP contribution in [0.3, 0.4) is 0 Å². The number of likely N-dealkylation sites (tertiary alicyclic amines) is 1. The Hall–Kier alpha value is -3.87. The van der Waals surface area contributed by atoms with E-state index in [9.17, 15) is 9.59 Å². The minimum absolute atomic E-state index is 0.0393. The molecule has 1 unspecified atom stereocenters. The summed E-state index contributed by atoms with van der Waals surface area (Å²) in [7, 11) is 0. The van der Waals surface area contributed by atoms with Gasteiger partial charge in [-0.2, -0.15) is 0 Å². The van der Waals surface area contributed by atoms with Crippen LogP contribution in [0.5, 0.6) is 0 Å². The zero-order valence-corrected chi connectivity index (χ0v) is 18.6. The lowest BCUT2D eigenvalue weighted by atomic mass is 9.81. The number of rotatable bonds is 5. The van der Waals surface area contributed by atoms with Crippen LogP contribution in [0.15, 0.2) is 69.6 Å². The molecule has 1 N–H and O–H groups in total. The van der Waals surface area contributed by atoms with Crippen molar-refractivity contribution < 1.29 is 18.5 Å². The number of hydrogen-bond donors (Lipinski definition) is 1.